The fourth-order valence-corrected chi connectivity index (χ4v) is 23.7. The molecule has 0 fully saturated rings. The van der Waals surface area contributed by atoms with Gasteiger partial charge in [0.1, 0.15) is 33.5 Å². The van der Waals surface area contributed by atoms with Gasteiger partial charge in [0.2, 0.25) is 0 Å². The molecule has 0 radical (unpaired) electrons. The van der Waals surface area contributed by atoms with Crippen molar-refractivity contribution in [3.05, 3.63) is 522 Å². The quantitative estimate of drug-likeness (QED) is 0.130. The molecule has 0 aliphatic carbocycles. The van der Waals surface area contributed by atoms with Gasteiger partial charge in [-0.15, -0.1) is 0 Å². The molecule has 9 heterocycles. The Morgan fingerprint density at radius 2 is 0.327 bits per heavy atom. The van der Waals surface area contributed by atoms with E-state index in [1.54, 1.807) is 0 Å². The summed E-state index contributed by atoms with van der Waals surface area (Å²) in [6.45, 7) is 0. The number of aromatic nitrogens is 6. The van der Waals surface area contributed by atoms with Gasteiger partial charge in [0, 0.05) is 120 Å². The van der Waals surface area contributed by atoms with Crippen molar-refractivity contribution < 1.29 is 13.3 Å². The molecule has 686 valence electrons. The van der Waals surface area contributed by atoms with Gasteiger partial charge in [-0.2, -0.15) is 0 Å². The van der Waals surface area contributed by atoms with Crippen LogP contribution in [0, 0.1) is 0 Å². The highest BCUT2D eigenvalue weighted by Gasteiger charge is 2.26. The van der Waals surface area contributed by atoms with Crippen molar-refractivity contribution in [2.24, 2.45) is 0 Å². The number of hydrogen-bond donors (Lipinski definition) is 0. The van der Waals surface area contributed by atoms with Crippen LogP contribution in [0.1, 0.15) is 0 Å². The zero-order valence-corrected chi connectivity index (χ0v) is 79.6. The standard InChI is InChI=1S/2C48H30N2O.C42H26N2O/c1-3-12-31(13-4-1)32-24-27-46-40(30-32)48-45(20-11-21-47(48)51-46)50-42-19-10-8-17-37(42)39-29-34(23-26-44(39)50)33-22-25-43-38(28-33)36-16-7-9-18-41(36)49(43)35-14-5-2-6-15-35;1-3-11-31(12-4-1)32-21-25-47-41(29-32)42-30-36(22-26-48(42)51-47)50-44-18-10-8-16-38(44)40-28-34(20-24-46(40)50)33-19-23-45-39(27-33)37-15-7-9-17-43(37)49(45)35-13-5-2-6-14-35;1-2-10-29(11-3-1)43-37-15-7-4-12-31(37)34-24-27(18-21-39(34)43)28-19-22-40-35(25-28)32-13-5-8-16-38(32)44(40)30-20-23-42-36(26-30)33-14-6-9-17-41(33)45-42/h2*1-30H;1-26H. The van der Waals surface area contributed by atoms with Gasteiger partial charge in [-0.25, -0.2) is 0 Å². The lowest BCUT2D eigenvalue weighted by molar-refractivity contribution is 0.668. The maximum absolute atomic E-state index is 6.46. The molecule has 23 aromatic carbocycles. The molecule has 0 N–H and O–H groups in total. The largest absolute Gasteiger partial charge is 0.456 e. The Morgan fingerprint density at radius 3 is 0.680 bits per heavy atom. The molecular weight excluding hydrogens is 1790 g/mol. The monoisotopic (exact) mass is 1870 g/mol. The molecular formula is C138H86N6O3. The second-order valence-electron chi connectivity index (χ2n) is 38.5. The van der Waals surface area contributed by atoms with Crippen molar-refractivity contribution >= 4 is 197 Å². The molecule has 9 aromatic heterocycles. The first-order valence-corrected chi connectivity index (χ1v) is 50.2. The van der Waals surface area contributed by atoms with Gasteiger partial charge < -0.3 is 40.7 Å². The van der Waals surface area contributed by atoms with E-state index in [1.165, 1.54) is 204 Å². The van der Waals surface area contributed by atoms with Crippen LogP contribution in [-0.4, -0.2) is 27.4 Å². The minimum Gasteiger partial charge on any atom is -0.456 e. The van der Waals surface area contributed by atoms with Crippen LogP contribution in [0.2, 0.25) is 0 Å². The molecule has 9 heteroatoms. The summed E-state index contributed by atoms with van der Waals surface area (Å²) < 4.78 is 33.2. The first-order chi connectivity index (χ1) is 72.9. The average Bonchev–Trinajstić information content (AvgIpc) is 1.66. The van der Waals surface area contributed by atoms with E-state index in [-0.39, 0.29) is 0 Å². The van der Waals surface area contributed by atoms with Gasteiger partial charge in [0.05, 0.1) is 77.3 Å². The molecule has 0 unspecified atom stereocenters. The summed E-state index contributed by atoms with van der Waals surface area (Å²) in [6, 6.07) is 188. The topological polar surface area (TPSA) is 69.0 Å². The fraction of sp³-hybridized carbons (Fsp3) is 0. The van der Waals surface area contributed by atoms with Crippen molar-refractivity contribution in [1.29, 1.82) is 0 Å². The van der Waals surface area contributed by atoms with Crippen LogP contribution in [0.15, 0.2) is 535 Å². The normalized spacial score (nSPS) is 11.9. The van der Waals surface area contributed by atoms with Crippen LogP contribution in [-0.2, 0) is 0 Å². The number of nitrogens with zero attached hydrogens (tertiary/aromatic N) is 6. The Labute approximate surface area is 842 Å². The van der Waals surface area contributed by atoms with E-state index in [9.17, 15) is 0 Å². The van der Waals surface area contributed by atoms with Crippen molar-refractivity contribution in [2.45, 2.75) is 0 Å². The van der Waals surface area contributed by atoms with Gasteiger partial charge in [-0.05, 0) is 280 Å². The van der Waals surface area contributed by atoms with Crippen LogP contribution < -0.4 is 0 Å². The molecule has 147 heavy (non-hydrogen) atoms. The maximum atomic E-state index is 6.46. The molecule has 0 amide bonds. The molecule has 32 rings (SSSR count). The third-order valence-electron chi connectivity index (χ3n) is 30.3. The highest BCUT2D eigenvalue weighted by molar-refractivity contribution is 6.20. The summed E-state index contributed by atoms with van der Waals surface area (Å²) in [4.78, 5) is 0. The zero-order valence-electron chi connectivity index (χ0n) is 79.6. The van der Waals surface area contributed by atoms with Crippen LogP contribution in [0.5, 0.6) is 0 Å². The first kappa shape index (κ1) is 83.1. The number of benzene rings is 23. The molecule has 9 nitrogen and oxygen atoms in total. The van der Waals surface area contributed by atoms with Gasteiger partial charge in [-0.3, -0.25) is 0 Å². The first-order valence-electron chi connectivity index (χ1n) is 50.2. The van der Waals surface area contributed by atoms with Crippen molar-refractivity contribution in [3.8, 4) is 89.8 Å². The van der Waals surface area contributed by atoms with Gasteiger partial charge >= 0.3 is 0 Å². The Kier molecular flexibility index (Phi) is 18.9. The Bertz CT molecular complexity index is 11000. The molecule has 0 bridgehead atoms. The summed E-state index contributed by atoms with van der Waals surface area (Å²) in [5.74, 6) is 0. The maximum Gasteiger partial charge on any atom is 0.137 e. The Morgan fingerprint density at radius 1 is 0.109 bits per heavy atom. The Balaban J connectivity index is 0.000000102. The number of rotatable bonds is 11. The lowest BCUT2D eigenvalue weighted by Crippen LogP contribution is -1.94. The average molecular weight is 1880 g/mol. The predicted molar refractivity (Wildman–Crippen MR) is 614 cm³/mol. The number of hydrogen-bond acceptors (Lipinski definition) is 3. The minimum atomic E-state index is 0.887. The third kappa shape index (κ3) is 13.4. The number of para-hydroxylation sites is 10. The summed E-state index contributed by atoms with van der Waals surface area (Å²) in [5, 5.41) is 21.7. The van der Waals surface area contributed by atoms with Crippen molar-refractivity contribution in [1.82, 2.24) is 27.4 Å². The van der Waals surface area contributed by atoms with Crippen LogP contribution in [0.3, 0.4) is 0 Å². The van der Waals surface area contributed by atoms with E-state index in [2.05, 4.69) is 537 Å². The van der Waals surface area contributed by atoms with Gasteiger partial charge in [0.25, 0.3) is 0 Å². The highest BCUT2D eigenvalue weighted by Crippen LogP contribution is 2.48. The fourth-order valence-electron chi connectivity index (χ4n) is 23.7. The van der Waals surface area contributed by atoms with Gasteiger partial charge in [0.15, 0.2) is 0 Å². The van der Waals surface area contributed by atoms with E-state index in [4.69, 9.17) is 13.3 Å². The minimum absolute atomic E-state index is 0.887. The molecule has 0 aliphatic rings. The summed E-state index contributed by atoms with van der Waals surface area (Å²) in [5.41, 5.74) is 38.6. The molecule has 0 saturated carbocycles. The molecule has 0 aliphatic heterocycles. The van der Waals surface area contributed by atoms with E-state index in [1.807, 2.05) is 12.1 Å². The van der Waals surface area contributed by atoms with E-state index >= 15 is 0 Å². The van der Waals surface area contributed by atoms with Crippen LogP contribution in [0.25, 0.3) is 286 Å². The molecule has 32 aromatic rings. The summed E-state index contributed by atoms with van der Waals surface area (Å²) in [6.07, 6.45) is 0. The van der Waals surface area contributed by atoms with Crippen molar-refractivity contribution in [2.75, 3.05) is 0 Å². The van der Waals surface area contributed by atoms with E-state index < -0.39 is 0 Å². The van der Waals surface area contributed by atoms with Crippen molar-refractivity contribution in [3.63, 3.8) is 0 Å². The summed E-state index contributed by atoms with van der Waals surface area (Å²) >= 11 is 0. The summed E-state index contributed by atoms with van der Waals surface area (Å²) in [7, 11) is 0. The SMILES string of the molecule is c1ccc(-c2ccc3oc4ccc(-n5c6ccccc6c6cc(-c7ccc8c(c7)c7ccccc7n8-c7ccccc7)ccc65)cc4c3c2)cc1.c1ccc(-c2ccc3oc4cccc(-n5c6ccccc6c6cc(-c7ccc8c(c7)c7ccccc7n8-c7ccccc7)ccc65)c4c3c2)cc1.c1ccc(-n2c3ccccc3c3cc(-c4ccc5c(c4)c4ccccc4n5-c4ccc5oc6ccccc6c5c4)ccc32)cc1. The predicted octanol–water partition coefficient (Wildman–Crippen LogP) is 37.7. The third-order valence-corrected chi connectivity index (χ3v) is 30.3. The molecule has 0 spiro atoms. The second-order valence-corrected chi connectivity index (χ2v) is 38.5. The lowest BCUT2D eigenvalue weighted by Gasteiger charge is -2.11. The smallest absolute Gasteiger partial charge is 0.137 e. The molecule has 0 saturated heterocycles. The highest BCUT2D eigenvalue weighted by atomic mass is 16.3. The lowest BCUT2D eigenvalue weighted by atomic mass is 10.0. The van der Waals surface area contributed by atoms with Gasteiger partial charge in [-0.1, -0.05) is 297 Å². The number of fused-ring (bicyclic) bond motifs is 27. The second kappa shape index (κ2) is 33.5. The van der Waals surface area contributed by atoms with E-state index in [0.717, 1.165) is 82.9 Å². The molecule has 0 atom stereocenters. The van der Waals surface area contributed by atoms with Crippen LogP contribution in [0.4, 0.5) is 0 Å². The number of furan rings is 3. The Hall–Kier alpha value is -19.7. The van der Waals surface area contributed by atoms with E-state index in [0.29, 0.717) is 0 Å². The van der Waals surface area contributed by atoms with Crippen LogP contribution >= 0.6 is 0 Å². The zero-order chi connectivity index (χ0) is 96.4.